The first kappa shape index (κ1) is 12.1. The maximum Gasteiger partial charge on any atom is 0.171 e. The van der Waals surface area contributed by atoms with Gasteiger partial charge in [0.05, 0.1) is 6.04 Å². The fourth-order valence-electron chi connectivity index (χ4n) is 1.49. The Kier molecular flexibility index (Phi) is 4.12. The molecule has 2 rings (SSSR count). The molecule has 1 heterocycles. The van der Waals surface area contributed by atoms with Crippen molar-refractivity contribution in [1.29, 1.82) is 0 Å². The molecule has 0 aliphatic carbocycles. The van der Waals surface area contributed by atoms with Crippen LogP contribution in [0.2, 0.25) is 0 Å². The van der Waals surface area contributed by atoms with E-state index in [1.165, 1.54) is 5.56 Å². The molecule has 1 atom stereocenters. The second kappa shape index (κ2) is 5.80. The minimum Gasteiger partial charge on any atom is -0.356 e. The lowest BCUT2D eigenvalue weighted by molar-refractivity contribution is 0.726. The molecule has 0 aliphatic heterocycles. The van der Waals surface area contributed by atoms with E-state index in [9.17, 15) is 0 Å². The molecule has 0 fully saturated rings. The summed E-state index contributed by atoms with van der Waals surface area (Å²) >= 11 is 6.96. The zero-order valence-corrected chi connectivity index (χ0v) is 11.1. The third kappa shape index (κ3) is 3.54. The van der Waals surface area contributed by atoms with Gasteiger partial charge in [-0.3, -0.25) is 0 Å². The maximum absolute atomic E-state index is 5.27. The highest BCUT2D eigenvalue weighted by Crippen LogP contribution is 2.15. The highest BCUT2D eigenvalue weighted by molar-refractivity contribution is 7.80. The number of rotatable bonds is 3. The van der Waals surface area contributed by atoms with Gasteiger partial charge in [0.2, 0.25) is 0 Å². The SMILES string of the molecule is CC(NC(=S)Nc1ccccc1)c1ccsc1. The molecule has 2 N–H and O–H groups in total. The standard InChI is InChI=1S/C13H14N2S2/c1-10(11-7-8-17-9-11)14-13(16)15-12-5-3-2-4-6-12/h2-10H,1H3,(H2,14,15,16). The quantitative estimate of drug-likeness (QED) is 0.823. The number of anilines is 1. The van der Waals surface area contributed by atoms with Crippen LogP contribution in [0.5, 0.6) is 0 Å². The van der Waals surface area contributed by atoms with Gasteiger partial charge >= 0.3 is 0 Å². The highest BCUT2D eigenvalue weighted by Gasteiger charge is 2.06. The molecule has 0 spiro atoms. The van der Waals surface area contributed by atoms with Crippen molar-refractivity contribution in [1.82, 2.24) is 5.32 Å². The summed E-state index contributed by atoms with van der Waals surface area (Å²) in [5.74, 6) is 0. The Morgan fingerprint density at radius 3 is 2.65 bits per heavy atom. The Morgan fingerprint density at radius 2 is 2.00 bits per heavy atom. The fraction of sp³-hybridized carbons (Fsp3) is 0.154. The number of para-hydroxylation sites is 1. The summed E-state index contributed by atoms with van der Waals surface area (Å²) in [4.78, 5) is 0. The van der Waals surface area contributed by atoms with Crippen molar-refractivity contribution in [2.75, 3.05) is 5.32 Å². The van der Waals surface area contributed by atoms with E-state index in [0.717, 1.165) is 5.69 Å². The Labute approximate surface area is 111 Å². The first-order valence-electron chi connectivity index (χ1n) is 5.40. The molecule has 0 radical (unpaired) electrons. The summed E-state index contributed by atoms with van der Waals surface area (Å²) in [7, 11) is 0. The summed E-state index contributed by atoms with van der Waals surface area (Å²) in [6.45, 7) is 2.10. The van der Waals surface area contributed by atoms with Gasteiger partial charge in [-0.05, 0) is 53.7 Å². The predicted octanol–water partition coefficient (Wildman–Crippen LogP) is 3.80. The molecule has 4 heteroatoms. The Bertz CT molecular complexity index is 465. The molecule has 2 nitrogen and oxygen atoms in total. The Hall–Kier alpha value is -1.39. The average molecular weight is 262 g/mol. The Balaban J connectivity index is 1.90. The van der Waals surface area contributed by atoms with Crippen molar-refractivity contribution in [3.05, 3.63) is 52.7 Å². The maximum atomic E-state index is 5.27. The van der Waals surface area contributed by atoms with Gasteiger partial charge in [0.1, 0.15) is 0 Å². The van der Waals surface area contributed by atoms with Crippen LogP contribution >= 0.6 is 23.6 Å². The summed E-state index contributed by atoms with van der Waals surface area (Å²) in [5.41, 5.74) is 2.26. The first-order valence-corrected chi connectivity index (χ1v) is 6.75. The van der Waals surface area contributed by atoms with E-state index >= 15 is 0 Å². The number of thiocarbonyl (C=S) groups is 1. The number of thiophene rings is 1. The van der Waals surface area contributed by atoms with Crippen LogP contribution in [0.3, 0.4) is 0 Å². The van der Waals surface area contributed by atoms with Gasteiger partial charge in [-0.2, -0.15) is 11.3 Å². The second-order valence-electron chi connectivity index (χ2n) is 3.74. The normalized spacial score (nSPS) is 11.8. The first-order chi connectivity index (χ1) is 8.25. The lowest BCUT2D eigenvalue weighted by Crippen LogP contribution is -2.30. The zero-order chi connectivity index (χ0) is 12.1. The van der Waals surface area contributed by atoms with Gasteiger partial charge in [-0.25, -0.2) is 0 Å². The molecule has 0 amide bonds. The predicted molar refractivity (Wildman–Crippen MR) is 78.5 cm³/mol. The van der Waals surface area contributed by atoms with E-state index in [0.29, 0.717) is 5.11 Å². The zero-order valence-electron chi connectivity index (χ0n) is 9.51. The Morgan fingerprint density at radius 1 is 1.24 bits per heavy atom. The van der Waals surface area contributed by atoms with Crippen LogP contribution < -0.4 is 10.6 Å². The molecule has 0 bridgehead atoms. The van der Waals surface area contributed by atoms with Gasteiger partial charge in [0.15, 0.2) is 5.11 Å². The minimum atomic E-state index is 0.227. The molecule has 1 aromatic carbocycles. The molecule has 17 heavy (non-hydrogen) atoms. The van der Waals surface area contributed by atoms with E-state index < -0.39 is 0 Å². The fourth-order valence-corrected chi connectivity index (χ4v) is 2.54. The van der Waals surface area contributed by atoms with E-state index in [1.807, 2.05) is 30.3 Å². The van der Waals surface area contributed by atoms with Crippen molar-refractivity contribution in [2.24, 2.45) is 0 Å². The van der Waals surface area contributed by atoms with Crippen LogP contribution in [-0.2, 0) is 0 Å². The topological polar surface area (TPSA) is 24.1 Å². The third-order valence-electron chi connectivity index (χ3n) is 2.42. The summed E-state index contributed by atoms with van der Waals surface area (Å²) in [6.07, 6.45) is 0. The molecular weight excluding hydrogens is 248 g/mol. The van der Waals surface area contributed by atoms with E-state index in [4.69, 9.17) is 12.2 Å². The highest BCUT2D eigenvalue weighted by atomic mass is 32.1. The summed E-state index contributed by atoms with van der Waals surface area (Å²) in [6, 6.07) is 12.3. The molecule has 0 saturated carbocycles. The summed E-state index contributed by atoms with van der Waals surface area (Å²) in [5, 5.41) is 11.3. The number of hydrogen-bond acceptors (Lipinski definition) is 2. The third-order valence-corrected chi connectivity index (χ3v) is 3.34. The molecule has 1 unspecified atom stereocenters. The van der Waals surface area contributed by atoms with Crippen LogP contribution in [-0.4, -0.2) is 5.11 Å². The molecule has 88 valence electrons. The molecule has 1 aromatic heterocycles. The van der Waals surface area contributed by atoms with Gasteiger partial charge in [0.25, 0.3) is 0 Å². The number of nitrogens with one attached hydrogen (secondary N) is 2. The molecular formula is C13H14N2S2. The second-order valence-corrected chi connectivity index (χ2v) is 4.93. The van der Waals surface area contributed by atoms with Crippen LogP contribution in [0.15, 0.2) is 47.2 Å². The van der Waals surface area contributed by atoms with Gasteiger partial charge in [-0.15, -0.1) is 0 Å². The van der Waals surface area contributed by atoms with Crippen LogP contribution in [0.25, 0.3) is 0 Å². The monoisotopic (exact) mass is 262 g/mol. The van der Waals surface area contributed by atoms with Crippen molar-refractivity contribution in [3.63, 3.8) is 0 Å². The lowest BCUT2D eigenvalue weighted by atomic mass is 10.2. The van der Waals surface area contributed by atoms with Crippen LogP contribution in [0.1, 0.15) is 18.5 Å². The van der Waals surface area contributed by atoms with Gasteiger partial charge in [-0.1, -0.05) is 18.2 Å². The van der Waals surface area contributed by atoms with E-state index in [2.05, 4.69) is 34.4 Å². The van der Waals surface area contributed by atoms with E-state index in [-0.39, 0.29) is 6.04 Å². The van der Waals surface area contributed by atoms with Crippen molar-refractivity contribution < 1.29 is 0 Å². The van der Waals surface area contributed by atoms with Crippen molar-refractivity contribution >= 4 is 34.4 Å². The molecule has 2 aromatic rings. The van der Waals surface area contributed by atoms with Crippen LogP contribution in [0.4, 0.5) is 5.69 Å². The van der Waals surface area contributed by atoms with Crippen molar-refractivity contribution in [2.45, 2.75) is 13.0 Å². The van der Waals surface area contributed by atoms with Gasteiger partial charge in [0, 0.05) is 5.69 Å². The minimum absolute atomic E-state index is 0.227. The van der Waals surface area contributed by atoms with E-state index in [1.54, 1.807) is 11.3 Å². The van der Waals surface area contributed by atoms with Gasteiger partial charge < -0.3 is 10.6 Å². The smallest absolute Gasteiger partial charge is 0.171 e. The summed E-state index contributed by atoms with van der Waals surface area (Å²) < 4.78 is 0. The average Bonchev–Trinajstić information content (AvgIpc) is 2.83. The molecule has 0 aliphatic rings. The largest absolute Gasteiger partial charge is 0.356 e. The van der Waals surface area contributed by atoms with Crippen molar-refractivity contribution in [3.8, 4) is 0 Å². The lowest BCUT2D eigenvalue weighted by Gasteiger charge is -2.16. The molecule has 0 saturated heterocycles. The van der Waals surface area contributed by atoms with Crippen LogP contribution in [0, 0.1) is 0 Å². The number of benzene rings is 1. The number of hydrogen-bond donors (Lipinski definition) is 2.